The van der Waals surface area contributed by atoms with Crippen LogP contribution in [-0.2, 0) is 0 Å². The topological polar surface area (TPSA) is 47.0 Å². The molecule has 5 heteroatoms. The average molecular weight is 233 g/mol. The van der Waals surface area contributed by atoms with Crippen molar-refractivity contribution in [2.24, 2.45) is 0 Å². The molecule has 88 valence electrons. The minimum absolute atomic E-state index is 0.419. The number of anilines is 2. The lowest BCUT2D eigenvalue weighted by atomic mass is 10.2. The number of rotatable bonds is 3. The second kappa shape index (κ2) is 4.78. The zero-order valence-electron chi connectivity index (χ0n) is 9.57. The van der Waals surface area contributed by atoms with Crippen LogP contribution in [0.5, 0.6) is 5.75 Å². The summed E-state index contributed by atoms with van der Waals surface area (Å²) < 4.78 is 18.0. The highest BCUT2D eigenvalue weighted by Gasteiger charge is 2.02. The average Bonchev–Trinajstić information content (AvgIpc) is 2.29. The number of halogens is 1. The lowest BCUT2D eigenvalue weighted by molar-refractivity contribution is 0.412. The molecule has 1 aromatic heterocycles. The number of nitrogens with one attached hydrogen (secondary N) is 1. The number of nitrogens with zero attached hydrogens (tertiary/aromatic N) is 2. The molecule has 1 N–H and O–H groups in total. The van der Waals surface area contributed by atoms with E-state index in [4.69, 9.17) is 4.74 Å². The molecule has 1 heterocycles. The van der Waals surface area contributed by atoms with Crippen LogP contribution in [-0.4, -0.2) is 17.1 Å². The highest BCUT2D eigenvalue weighted by atomic mass is 19.1. The molecule has 0 bridgehead atoms. The van der Waals surface area contributed by atoms with Gasteiger partial charge >= 0.3 is 0 Å². The van der Waals surface area contributed by atoms with Gasteiger partial charge in [0.25, 0.3) is 0 Å². The van der Waals surface area contributed by atoms with Gasteiger partial charge in [-0.1, -0.05) is 0 Å². The predicted molar refractivity (Wildman–Crippen MR) is 63.0 cm³/mol. The quantitative estimate of drug-likeness (QED) is 0.828. The number of benzene rings is 1. The first kappa shape index (κ1) is 11.3. The highest BCUT2D eigenvalue weighted by molar-refractivity contribution is 5.58. The monoisotopic (exact) mass is 233 g/mol. The lowest BCUT2D eigenvalue weighted by Crippen LogP contribution is -1.96. The molecule has 2 aromatic rings. The summed E-state index contributed by atoms with van der Waals surface area (Å²) in [4.78, 5) is 7.30. The van der Waals surface area contributed by atoms with Crippen LogP contribution >= 0.6 is 0 Å². The van der Waals surface area contributed by atoms with Gasteiger partial charge in [-0.3, -0.25) is 0 Å². The van der Waals surface area contributed by atoms with Gasteiger partial charge in [-0.15, -0.1) is 0 Å². The molecule has 0 spiro atoms. The number of methoxy groups -OCH3 is 1. The Hall–Kier alpha value is -2.17. The fraction of sp³-hybridized carbons (Fsp3) is 0.167. The van der Waals surface area contributed by atoms with Crippen LogP contribution in [0.25, 0.3) is 0 Å². The number of ether oxygens (including phenoxy) is 1. The van der Waals surface area contributed by atoms with Crippen LogP contribution in [0.3, 0.4) is 0 Å². The Bertz CT molecular complexity index is 531. The van der Waals surface area contributed by atoms with Gasteiger partial charge in [0, 0.05) is 11.8 Å². The van der Waals surface area contributed by atoms with Crippen molar-refractivity contribution in [3.05, 3.63) is 42.1 Å². The van der Waals surface area contributed by atoms with Gasteiger partial charge in [-0.2, -0.15) is 4.39 Å². The van der Waals surface area contributed by atoms with Crippen molar-refractivity contribution < 1.29 is 9.13 Å². The van der Waals surface area contributed by atoms with Crippen LogP contribution in [0.4, 0.5) is 15.9 Å². The number of hydrogen-bond donors (Lipinski definition) is 1. The Morgan fingerprint density at radius 2 is 2.06 bits per heavy atom. The van der Waals surface area contributed by atoms with E-state index in [-0.39, 0.29) is 0 Å². The first-order chi connectivity index (χ1) is 8.19. The van der Waals surface area contributed by atoms with E-state index < -0.39 is 5.95 Å². The molecule has 0 saturated heterocycles. The first-order valence-corrected chi connectivity index (χ1v) is 5.08. The fourth-order valence-electron chi connectivity index (χ4n) is 1.51. The Kier molecular flexibility index (Phi) is 3.18. The molecule has 1 aromatic carbocycles. The van der Waals surface area contributed by atoms with Crippen molar-refractivity contribution in [3.8, 4) is 5.75 Å². The maximum Gasteiger partial charge on any atom is 0.218 e. The summed E-state index contributed by atoms with van der Waals surface area (Å²) in [6.07, 6.45) is 1.17. The van der Waals surface area contributed by atoms with Crippen LogP contribution in [0.1, 0.15) is 5.56 Å². The van der Waals surface area contributed by atoms with Crippen LogP contribution in [0.15, 0.2) is 30.6 Å². The van der Waals surface area contributed by atoms with E-state index in [2.05, 4.69) is 15.3 Å². The van der Waals surface area contributed by atoms with E-state index in [1.165, 1.54) is 12.4 Å². The van der Waals surface area contributed by atoms with E-state index in [0.29, 0.717) is 5.82 Å². The molecule has 4 nitrogen and oxygen atoms in total. The number of aromatic nitrogens is 2. The maximum atomic E-state index is 12.9. The highest BCUT2D eigenvalue weighted by Crippen LogP contribution is 2.23. The van der Waals surface area contributed by atoms with E-state index in [9.17, 15) is 4.39 Å². The van der Waals surface area contributed by atoms with Gasteiger partial charge in [0.2, 0.25) is 5.95 Å². The molecule has 0 atom stereocenters. The smallest absolute Gasteiger partial charge is 0.218 e. The van der Waals surface area contributed by atoms with E-state index >= 15 is 0 Å². The van der Waals surface area contributed by atoms with Gasteiger partial charge < -0.3 is 10.1 Å². The molecule has 0 amide bonds. The number of hydrogen-bond acceptors (Lipinski definition) is 4. The molecule has 0 fully saturated rings. The second-order valence-electron chi connectivity index (χ2n) is 3.54. The minimum Gasteiger partial charge on any atom is -0.496 e. The summed E-state index contributed by atoms with van der Waals surface area (Å²) in [7, 11) is 1.62. The zero-order chi connectivity index (χ0) is 12.3. The van der Waals surface area contributed by atoms with Gasteiger partial charge in [-0.25, -0.2) is 9.97 Å². The third-order valence-electron chi connectivity index (χ3n) is 2.30. The third kappa shape index (κ3) is 2.69. The van der Waals surface area contributed by atoms with Crippen LogP contribution in [0.2, 0.25) is 0 Å². The Balaban J connectivity index is 2.22. The summed E-state index contributed by atoms with van der Waals surface area (Å²) in [5, 5.41) is 2.99. The molecule has 0 aliphatic carbocycles. The molecular weight excluding hydrogens is 221 g/mol. The third-order valence-corrected chi connectivity index (χ3v) is 2.30. The fourth-order valence-corrected chi connectivity index (χ4v) is 1.51. The van der Waals surface area contributed by atoms with Crippen molar-refractivity contribution in [1.82, 2.24) is 9.97 Å². The van der Waals surface area contributed by atoms with Gasteiger partial charge in [0.05, 0.1) is 7.11 Å². The molecule has 0 unspecified atom stereocenters. The molecule has 2 rings (SSSR count). The summed E-state index contributed by atoms with van der Waals surface area (Å²) in [5.74, 6) is 0.666. The van der Waals surface area contributed by atoms with Crippen molar-refractivity contribution >= 4 is 11.5 Å². The molecule has 17 heavy (non-hydrogen) atoms. The van der Waals surface area contributed by atoms with Crippen molar-refractivity contribution in [1.29, 1.82) is 0 Å². The lowest BCUT2D eigenvalue weighted by Gasteiger charge is -2.08. The van der Waals surface area contributed by atoms with E-state index in [1.807, 2.05) is 25.1 Å². The summed E-state index contributed by atoms with van der Waals surface area (Å²) in [6.45, 7) is 1.94. The normalized spacial score (nSPS) is 10.1. The standard InChI is InChI=1S/C12H12FN3O/c1-8-5-9(3-4-10(8)17-2)16-12-6-11(13)14-7-15-12/h3-7H,1-2H3,(H,14,15,16). The molecule has 0 aliphatic heterocycles. The van der Waals surface area contributed by atoms with Gasteiger partial charge in [-0.05, 0) is 30.7 Å². The largest absolute Gasteiger partial charge is 0.496 e. The Morgan fingerprint density at radius 3 is 2.71 bits per heavy atom. The Morgan fingerprint density at radius 1 is 1.24 bits per heavy atom. The summed E-state index contributed by atoms with van der Waals surface area (Å²) in [6, 6.07) is 6.82. The predicted octanol–water partition coefficient (Wildman–Crippen LogP) is 2.68. The number of aryl methyl sites for hydroxylation is 1. The Labute approximate surface area is 98.5 Å². The molecular formula is C12H12FN3O. The summed E-state index contributed by atoms with van der Waals surface area (Å²) in [5.41, 5.74) is 1.81. The first-order valence-electron chi connectivity index (χ1n) is 5.08. The van der Waals surface area contributed by atoms with E-state index in [1.54, 1.807) is 7.11 Å². The molecule has 0 radical (unpaired) electrons. The van der Waals surface area contributed by atoms with Gasteiger partial charge in [0.1, 0.15) is 17.9 Å². The minimum atomic E-state index is -0.562. The van der Waals surface area contributed by atoms with Gasteiger partial charge in [0.15, 0.2) is 0 Å². The summed E-state index contributed by atoms with van der Waals surface area (Å²) >= 11 is 0. The molecule has 0 aliphatic rings. The SMILES string of the molecule is COc1ccc(Nc2cc(F)ncn2)cc1C. The van der Waals surface area contributed by atoms with Crippen LogP contribution < -0.4 is 10.1 Å². The maximum absolute atomic E-state index is 12.9. The van der Waals surface area contributed by atoms with Crippen molar-refractivity contribution in [2.75, 3.05) is 12.4 Å². The van der Waals surface area contributed by atoms with Crippen molar-refractivity contribution in [3.63, 3.8) is 0 Å². The zero-order valence-corrected chi connectivity index (χ0v) is 9.57. The molecule has 0 saturated carbocycles. The second-order valence-corrected chi connectivity index (χ2v) is 3.54. The van der Waals surface area contributed by atoms with E-state index in [0.717, 1.165) is 17.0 Å². The van der Waals surface area contributed by atoms with Crippen molar-refractivity contribution in [2.45, 2.75) is 6.92 Å². The van der Waals surface area contributed by atoms with Crippen LogP contribution in [0, 0.1) is 12.9 Å².